The second kappa shape index (κ2) is 5.36. The van der Waals surface area contributed by atoms with Gasteiger partial charge in [-0.3, -0.25) is 4.79 Å². The molecule has 0 bridgehead atoms. The Morgan fingerprint density at radius 2 is 2.15 bits per heavy atom. The van der Waals surface area contributed by atoms with Crippen LogP contribution in [-0.2, 0) is 9.59 Å². The fourth-order valence-corrected chi connectivity index (χ4v) is 3.68. The van der Waals surface area contributed by atoms with Crippen LogP contribution in [-0.4, -0.2) is 52.6 Å². The van der Waals surface area contributed by atoms with Gasteiger partial charge >= 0.3 is 5.97 Å². The summed E-state index contributed by atoms with van der Waals surface area (Å²) in [7, 11) is 0. The van der Waals surface area contributed by atoms with Crippen molar-refractivity contribution in [1.82, 2.24) is 4.90 Å². The van der Waals surface area contributed by atoms with Crippen molar-refractivity contribution in [2.45, 2.75) is 12.0 Å². The van der Waals surface area contributed by atoms with Gasteiger partial charge in [-0.15, -0.1) is 0 Å². The molecule has 6 heteroatoms. The van der Waals surface area contributed by atoms with Crippen LogP contribution in [0.4, 0.5) is 0 Å². The highest BCUT2D eigenvalue weighted by Crippen LogP contribution is 2.35. The minimum Gasteiger partial charge on any atom is -0.492 e. The summed E-state index contributed by atoms with van der Waals surface area (Å²) in [6.07, 6.45) is 0. The molecule has 0 saturated carbocycles. The van der Waals surface area contributed by atoms with E-state index in [2.05, 4.69) is 0 Å². The lowest BCUT2D eigenvalue weighted by molar-refractivity contribution is -0.150. The molecule has 2 atom stereocenters. The number of amides is 1. The monoisotopic (exact) mass is 293 g/mol. The molecular weight excluding hydrogens is 278 g/mol. The summed E-state index contributed by atoms with van der Waals surface area (Å²) in [6.45, 7) is 0.785. The van der Waals surface area contributed by atoms with Crippen LogP contribution in [0.3, 0.4) is 0 Å². The van der Waals surface area contributed by atoms with E-state index in [1.165, 1.54) is 4.90 Å². The van der Waals surface area contributed by atoms with Crippen molar-refractivity contribution in [1.29, 1.82) is 0 Å². The van der Waals surface area contributed by atoms with Crippen LogP contribution in [0.2, 0.25) is 0 Å². The van der Waals surface area contributed by atoms with Crippen molar-refractivity contribution < 1.29 is 19.4 Å². The third-order valence-electron chi connectivity index (χ3n) is 3.69. The molecule has 1 aromatic carbocycles. The second-order valence-corrected chi connectivity index (χ2v) is 6.01. The summed E-state index contributed by atoms with van der Waals surface area (Å²) in [6, 6.07) is 6.72. The summed E-state index contributed by atoms with van der Waals surface area (Å²) in [5.41, 5.74) is 0.861. The van der Waals surface area contributed by atoms with E-state index in [0.717, 1.165) is 17.1 Å². The Hall–Kier alpha value is -1.69. The first-order chi connectivity index (χ1) is 9.68. The standard InChI is InChI=1S/C14H15NO4S/c16-13(15-5-6-20-8-11(15)14(17)18)10-7-19-12-4-2-1-3-9(10)12/h1-4,10-11H,5-8H2,(H,17,18). The quantitative estimate of drug-likeness (QED) is 0.887. The van der Waals surface area contributed by atoms with Crippen molar-refractivity contribution in [2.24, 2.45) is 0 Å². The van der Waals surface area contributed by atoms with E-state index in [4.69, 9.17) is 4.74 Å². The van der Waals surface area contributed by atoms with Crippen LogP contribution >= 0.6 is 11.8 Å². The number of hydrogen-bond donors (Lipinski definition) is 1. The molecule has 1 fully saturated rings. The van der Waals surface area contributed by atoms with Crippen molar-refractivity contribution in [2.75, 3.05) is 24.7 Å². The lowest BCUT2D eigenvalue weighted by Crippen LogP contribution is -2.52. The maximum Gasteiger partial charge on any atom is 0.327 e. The number of rotatable bonds is 2. The largest absolute Gasteiger partial charge is 0.492 e. The maximum atomic E-state index is 12.7. The zero-order valence-electron chi connectivity index (χ0n) is 10.8. The van der Waals surface area contributed by atoms with Gasteiger partial charge in [0.1, 0.15) is 24.3 Å². The molecule has 2 aliphatic heterocycles. The molecule has 2 unspecified atom stereocenters. The summed E-state index contributed by atoms with van der Waals surface area (Å²) < 4.78 is 5.52. The maximum absolute atomic E-state index is 12.7. The van der Waals surface area contributed by atoms with Gasteiger partial charge in [0.05, 0.1) is 0 Å². The lowest BCUT2D eigenvalue weighted by Gasteiger charge is -2.34. The second-order valence-electron chi connectivity index (χ2n) is 4.86. The number of carbonyl (C=O) groups excluding carboxylic acids is 1. The first-order valence-electron chi connectivity index (χ1n) is 6.51. The highest BCUT2D eigenvalue weighted by molar-refractivity contribution is 7.99. The SMILES string of the molecule is O=C(O)C1CSCCN1C(=O)C1COc2ccccc21. The van der Waals surface area contributed by atoms with E-state index < -0.39 is 12.0 Å². The number of nitrogens with zero attached hydrogens (tertiary/aromatic N) is 1. The van der Waals surface area contributed by atoms with Crippen LogP contribution in [0.15, 0.2) is 24.3 Å². The predicted octanol–water partition coefficient (Wildman–Crippen LogP) is 1.19. The molecule has 2 aliphatic rings. The molecule has 0 aromatic heterocycles. The van der Waals surface area contributed by atoms with Gasteiger partial charge in [-0.1, -0.05) is 18.2 Å². The number of fused-ring (bicyclic) bond motifs is 1. The number of carboxylic acids is 1. The fraction of sp³-hybridized carbons (Fsp3) is 0.429. The van der Waals surface area contributed by atoms with Crippen molar-refractivity contribution in [3.63, 3.8) is 0 Å². The highest BCUT2D eigenvalue weighted by Gasteiger charge is 2.39. The third-order valence-corrected chi connectivity index (χ3v) is 4.72. The molecule has 0 aliphatic carbocycles. The first kappa shape index (κ1) is 13.3. The van der Waals surface area contributed by atoms with E-state index in [1.54, 1.807) is 11.8 Å². The number of para-hydroxylation sites is 1. The molecule has 0 radical (unpaired) electrons. The van der Waals surface area contributed by atoms with Gasteiger partial charge in [-0.25, -0.2) is 4.79 Å². The van der Waals surface area contributed by atoms with Crippen molar-refractivity contribution >= 4 is 23.6 Å². The minimum atomic E-state index is -0.933. The summed E-state index contributed by atoms with van der Waals surface area (Å²) in [4.78, 5) is 25.4. The topological polar surface area (TPSA) is 66.8 Å². The first-order valence-corrected chi connectivity index (χ1v) is 7.66. The number of ether oxygens (including phenoxy) is 1. The molecule has 1 aromatic rings. The fourth-order valence-electron chi connectivity index (χ4n) is 2.64. The van der Waals surface area contributed by atoms with E-state index in [-0.39, 0.29) is 11.8 Å². The van der Waals surface area contributed by atoms with E-state index >= 15 is 0 Å². The van der Waals surface area contributed by atoms with E-state index in [0.29, 0.717) is 18.9 Å². The molecule has 5 nitrogen and oxygen atoms in total. The number of carbonyl (C=O) groups is 2. The van der Waals surface area contributed by atoms with Gasteiger partial charge in [0.2, 0.25) is 5.91 Å². The Balaban J connectivity index is 1.84. The Morgan fingerprint density at radius 1 is 1.35 bits per heavy atom. The van der Waals surface area contributed by atoms with Gasteiger partial charge in [0.25, 0.3) is 0 Å². The van der Waals surface area contributed by atoms with Crippen LogP contribution < -0.4 is 4.74 Å². The Labute approximate surface area is 120 Å². The molecule has 1 N–H and O–H groups in total. The van der Waals surface area contributed by atoms with Crippen LogP contribution in [0.5, 0.6) is 5.75 Å². The Morgan fingerprint density at radius 3 is 2.95 bits per heavy atom. The molecule has 0 spiro atoms. The summed E-state index contributed by atoms with van der Waals surface area (Å²) in [5.74, 6) is 0.516. The normalized spacial score (nSPS) is 24.9. The third kappa shape index (κ3) is 2.24. The van der Waals surface area contributed by atoms with Gasteiger partial charge in [-0.2, -0.15) is 11.8 Å². The van der Waals surface area contributed by atoms with Crippen LogP contribution in [0.25, 0.3) is 0 Å². The van der Waals surface area contributed by atoms with Crippen LogP contribution in [0, 0.1) is 0 Å². The predicted molar refractivity (Wildman–Crippen MR) is 75.1 cm³/mol. The van der Waals surface area contributed by atoms with Crippen molar-refractivity contribution in [3.8, 4) is 5.75 Å². The molecule has 1 amide bonds. The minimum absolute atomic E-state index is 0.136. The Bertz CT molecular complexity index is 548. The molecule has 2 heterocycles. The average molecular weight is 293 g/mol. The number of carboxylic acid groups (broad SMARTS) is 1. The molecule has 1 saturated heterocycles. The van der Waals surface area contributed by atoms with Crippen molar-refractivity contribution in [3.05, 3.63) is 29.8 Å². The molecule has 106 valence electrons. The smallest absolute Gasteiger partial charge is 0.327 e. The van der Waals surface area contributed by atoms with E-state index in [1.807, 2.05) is 24.3 Å². The molecular formula is C14H15NO4S. The summed E-state index contributed by atoms with van der Waals surface area (Å²) in [5, 5.41) is 9.26. The van der Waals surface area contributed by atoms with Gasteiger partial charge in [0.15, 0.2) is 0 Å². The van der Waals surface area contributed by atoms with Crippen LogP contribution in [0.1, 0.15) is 11.5 Å². The molecule has 20 heavy (non-hydrogen) atoms. The zero-order chi connectivity index (χ0) is 14.1. The Kier molecular flexibility index (Phi) is 3.56. The lowest BCUT2D eigenvalue weighted by atomic mass is 9.99. The number of aliphatic carboxylic acids is 1. The van der Waals surface area contributed by atoms with Gasteiger partial charge < -0.3 is 14.7 Å². The number of benzene rings is 1. The van der Waals surface area contributed by atoms with Gasteiger partial charge in [0, 0.05) is 23.6 Å². The number of hydrogen-bond acceptors (Lipinski definition) is 4. The highest BCUT2D eigenvalue weighted by atomic mass is 32.2. The van der Waals surface area contributed by atoms with Gasteiger partial charge in [-0.05, 0) is 6.07 Å². The average Bonchev–Trinajstić information content (AvgIpc) is 2.90. The molecule has 3 rings (SSSR count). The summed E-state index contributed by atoms with van der Waals surface area (Å²) >= 11 is 1.57. The zero-order valence-corrected chi connectivity index (χ0v) is 11.6. The number of thioether (sulfide) groups is 1. The van der Waals surface area contributed by atoms with E-state index in [9.17, 15) is 14.7 Å².